The van der Waals surface area contributed by atoms with E-state index in [0.29, 0.717) is 18.9 Å². The first kappa shape index (κ1) is 10.4. The first-order chi connectivity index (χ1) is 6.63. The van der Waals surface area contributed by atoms with Gasteiger partial charge in [-0.2, -0.15) is 5.26 Å². The van der Waals surface area contributed by atoms with Crippen molar-refractivity contribution >= 4 is 19.9 Å². The largest absolute Gasteiger partial charge is 0.443 e. The van der Waals surface area contributed by atoms with Crippen LogP contribution >= 0.6 is 0 Å². The molecule has 1 aliphatic rings. The third kappa shape index (κ3) is 2.66. The number of rotatable bonds is 2. The second kappa shape index (κ2) is 4.51. The van der Waals surface area contributed by atoms with E-state index in [1.165, 1.54) is 0 Å². The number of nitrogens with zero attached hydrogens (tertiary/aromatic N) is 3. The number of carbonyl (C=O) groups is 1. The molecule has 1 rings (SSSR count). The maximum Gasteiger partial charge on any atom is 0.397 e. The van der Waals surface area contributed by atoms with Crippen molar-refractivity contribution in [2.75, 3.05) is 13.1 Å². The van der Waals surface area contributed by atoms with Crippen LogP contribution in [0.2, 0.25) is 0 Å². The predicted molar refractivity (Wildman–Crippen MR) is 49.5 cm³/mol. The number of nitrogens with one attached hydrogen (secondary N) is 1. The van der Waals surface area contributed by atoms with Crippen molar-refractivity contribution in [3.05, 3.63) is 0 Å². The quantitative estimate of drug-likeness (QED) is 0.208. The number of amidine groups is 1. The monoisotopic (exact) mass is 192 g/mol. The molecule has 0 aromatic carbocycles. The molecule has 6 nitrogen and oxygen atoms in total. The third-order valence-electron chi connectivity index (χ3n) is 1.67. The summed E-state index contributed by atoms with van der Waals surface area (Å²) in [5.74, 6) is 0.485. The molecule has 14 heavy (non-hydrogen) atoms. The molecule has 1 aliphatic heterocycles. The number of aliphatic imine (C=N–C) groups is 1. The molecule has 0 aromatic rings. The number of carbonyl (C=O) groups excluding carboxylic acids is 1. The highest BCUT2D eigenvalue weighted by molar-refractivity contribution is 6.13. The van der Waals surface area contributed by atoms with Gasteiger partial charge in [0, 0.05) is 6.54 Å². The van der Waals surface area contributed by atoms with Gasteiger partial charge < -0.3 is 9.55 Å². The summed E-state index contributed by atoms with van der Waals surface area (Å²) in [6.45, 7) is 2.28. The zero-order chi connectivity index (χ0) is 10.6. The lowest BCUT2D eigenvalue weighted by Crippen LogP contribution is -2.23. The zero-order valence-electron chi connectivity index (χ0n) is 7.73. The van der Waals surface area contributed by atoms with Gasteiger partial charge in [-0.3, -0.25) is 10.3 Å². The Labute approximate surface area is 83.0 Å². The van der Waals surface area contributed by atoms with Gasteiger partial charge in [-0.05, 0) is 6.92 Å². The van der Waals surface area contributed by atoms with Crippen LogP contribution in [0.5, 0.6) is 0 Å². The second-order valence-electron chi connectivity index (χ2n) is 2.82. The van der Waals surface area contributed by atoms with Crippen LogP contribution in [0.25, 0.3) is 0 Å². The Balaban J connectivity index is 2.37. The van der Waals surface area contributed by atoms with Crippen LogP contribution in [0.15, 0.2) is 4.99 Å². The Morgan fingerprint density at radius 3 is 3.21 bits per heavy atom. The molecule has 1 heterocycles. The van der Waals surface area contributed by atoms with E-state index in [9.17, 15) is 4.79 Å². The van der Waals surface area contributed by atoms with E-state index in [2.05, 4.69) is 10.3 Å². The highest BCUT2D eigenvalue weighted by Gasteiger charge is 2.27. The van der Waals surface area contributed by atoms with Gasteiger partial charge in [0.25, 0.3) is 0 Å². The molecule has 7 heteroatoms. The summed E-state index contributed by atoms with van der Waals surface area (Å²) in [4.78, 5) is 15.8. The van der Waals surface area contributed by atoms with Crippen LogP contribution < -0.4 is 5.32 Å². The topological polar surface area (TPSA) is 77.7 Å². The molecule has 0 aromatic heterocycles. The van der Waals surface area contributed by atoms with Crippen molar-refractivity contribution in [2.45, 2.75) is 13.0 Å². The minimum atomic E-state index is -0.545. The smallest absolute Gasteiger partial charge is 0.397 e. The maximum atomic E-state index is 10.8. The van der Waals surface area contributed by atoms with Crippen LogP contribution in [0.3, 0.4) is 0 Å². The summed E-state index contributed by atoms with van der Waals surface area (Å²) >= 11 is 0. The summed E-state index contributed by atoms with van der Waals surface area (Å²) < 4.78 is 4.85. The fraction of sp³-hybridized carbons (Fsp3) is 0.571. The van der Waals surface area contributed by atoms with Crippen molar-refractivity contribution in [1.29, 1.82) is 5.26 Å². The highest BCUT2D eigenvalue weighted by Crippen LogP contribution is 2.07. The Morgan fingerprint density at radius 2 is 2.71 bits per heavy atom. The molecule has 0 aliphatic carbocycles. The highest BCUT2D eigenvalue weighted by atomic mass is 16.6. The predicted octanol–water partition coefficient (Wildman–Crippen LogP) is -0.620. The Bertz CT molecular complexity index is 299. The lowest BCUT2D eigenvalue weighted by Gasteiger charge is -2.04. The van der Waals surface area contributed by atoms with Gasteiger partial charge >= 0.3 is 6.09 Å². The molecular formula is C7H9BN4O2. The van der Waals surface area contributed by atoms with Crippen molar-refractivity contribution < 1.29 is 9.53 Å². The summed E-state index contributed by atoms with van der Waals surface area (Å²) in [5.41, 5.74) is 0. The van der Waals surface area contributed by atoms with Crippen LogP contribution in [0.1, 0.15) is 6.92 Å². The van der Waals surface area contributed by atoms with E-state index in [-0.39, 0.29) is 6.10 Å². The Hall–Kier alpha value is -1.71. The zero-order valence-corrected chi connectivity index (χ0v) is 7.73. The molecular weight excluding hydrogens is 183 g/mol. The fourth-order valence-electron chi connectivity index (χ4n) is 0.996. The first-order valence-electron chi connectivity index (χ1n) is 4.02. The van der Waals surface area contributed by atoms with Crippen molar-refractivity contribution in [3.63, 3.8) is 0 Å². The third-order valence-corrected chi connectivity index (χ3v) is 1.67. The van der Waals surface area contributed by atoms with Crippen molar-refractivity contribution in [3.8, 4) is 6.19 Å². The molecule has 0 unspecified atom stereocenters. The first-order valence-corrected chi connectivity index (χ1v) is 4.02. The summed E-state index contributed by atoms with van der Waals surface area (Å²) in [6, 6.07) is 0. The molecule has 2 radical (unpaired) electrons. The maximum absolute atomic E-state index is 10.8. The average molecular weight is 192 g/mol. The van der Waals surface area contributed by atoms with E-state index in [4.69, 9.17) is 18.0 Å². The van der Waals surface area contributed by atoms with Crippen LogP contribution in [-0.4, -0.2) is 43.9 Å². The van der Waals surface area contributed by atoms with Gasteiger partial charge in [0.15, 0.2) is 6.19 Å². The van der Waals surface area contributed by atoms with E-state index < -0.39 is 6.09 Å². The molecule has 1 N–H and O–H groups in total. The molecule has 1 fully saturated rings. The second-order valence-corrected chi connectivity index (χ2v) is 2.82. The minimum Gasteiger partial charge on any atom is -0.443 e. The average Bonchev–Trinajstić information content (AvgIpc) is 2.44. The molecule has 0 saturated carbocycles. The lowest BCUT2D eigenvalue weighted by molar-refractivity contribution is 0.140. The number of nitriles is 1. The van der Waals surface area contributed by atoms with Crippen LogP contribution in [0.4, 0.5) is 4.79 Å². The van der Waals surface area contributed by atoms with E-state index in [1.54, 1.807) is 13.1 Å². The summed E-state index contributed by atoms with van der Waals surface area (Å²) in [7, 11) is 5.28. The molecule has 0 spiro atoms. The van der Waals surface area contributed by atoms with Gasteiger partial charge in [0.05, 0.1) is 6.54 Å². The molecule has 72 valence electrons. The number of cyclic esters (lactones) is 1. The van der Waals surface area contributed by atoms with Crippen LogP contribution in [-0.2, 0) is 4.74 Å². The summed E-state index contributed by atoms with van der Waals surface area (Å²) in [5, 5.41) is 10.6. The fourth-order valence-corrected chi connectivity index (χ4v) is 0.996. The lowest BCUT2D eigenvalue weighted by atomic mass is 10.3. The number of ether oxygens (including phenoxy) is 1. The van der Waals surface area contributed by atoms with E-state index >= 15 is 0 Å². The van der Waals surface area contributed by atoms with Gasteiger partial charge in [-0.25, -0.2) is 4.79 Å². The minimum absolute atomic E-state index is 0.306. The van der Waals surface area contributed by atoms with Gasteiger partial charge in [0.2, 0.25) is 7.98 Å². The normalized spacial score (nSPS) is 21.7. The molecule has 1 atom stereocenters. The molecule has 1 amide bonds. The Kier molecular flexibility index (Phi) is 3.34. The molecule has 1 saturated heterocycles. The number of hydrogen-bond acceptors (Lipinski definition) is 4. The molecule has 0 bridgehead atoms. The van der Waals surface area contributed by atoms with E-state index in [1.807, 2.05) is 0 Å². The van der Waals surface area contributed by atoms with E-state index in [0.717, 1.165) is 4.81 Å². The van der Waals surface area contributed by atoms with Crippen molar-refractivity contribution in [1.82, 2.24) is 10.1 Å². The van der Waals surface area contributed by atoms with Crippen LogP contribution in [0, 0.1) is 11.5 Å². The van der Waals surface area contributed by atoms with Gasteiger partial charge in [-0.15, -0.1) is 0 Å². The standard InChI is InChI=1S/C7H9BN4O2/c1-5(11-4-9)10-2-6-3-12(8)7(13)14-6/h6H,2-3H2,1H3,(H,10,11)/t6-/m0/s1. The van der Waals surface area contributed by atoms with Gasteiger partial charge in [0.1, 0.15) is 11.9 Å². The van der Waals surface area contributed by atoms with Crippen molar-refractivity contribution in [2.24, 2.45) is 4.99 Å². The number of hydrogen-bond donors (Lipinski definition) is 1. The Morgan fingerprint density at radius 1 is 2.00 bits per heavy atom. The SMILES string of the molecule is [B]N1C[C@H](CN=C(C)NC#N)OC1=O. The van der Waals surface area contributed by atoms with Gasteiger partial charge in [-0.1, -0.05) is 0 Å². The summed E-state index contributed by atoms with van der Waals surface area (Å²) in [6.07, 6.45) is 0.861. The number of amides is 1.